The van der Waals surface area contributed by atoms with E-state index < -0.39 is 0 Å². The van der Waals surface area contributed by atoms with Crippen molar-refractivity contribution in [3.8, 4) is 0 Å². The molecule has 2 nitrogen and oxygen atoms in total. The zero-order valence-corrected chi connectivity index (χ0v) is 8.05. The molecule has 0 spiro atoms. The average molecular weight is 157 g/mol. The highest BCUT2D eigenvalue weighted by Gasteiger charge is 2.27. The quantitative estimate of drug-likeness (QED) is 0.574. The van der Waals surface area contributed by atoms with Crippen molar-refractivity contribution in [3.63, 3.8) is 0 Å². The maximum atomic E-state index is 5.48. The Balaban J connectivity index is 2.46. The molecule has 0 unspecified atom stereocenters. The van der Waals surface area contributed by atoms with Crippen LogP contribution in [0.3, 0.4) is 0 Å². The number of ether oxygens (including phenoxy) is 1. The summed E-state index contributed by atoms with van der Waals surface area (Å²) in [6, 6.07) is 0.606. The summed E-state index contributed by atoms with van der Waals surface area (Å²) in [6.45, 7) is 11.8. The van der Waals surface area contributed by atoms with Crippen molar-refractivity contribution < 1.29 is 4.74 Å². The fourth-order valence-electron chi connectivity index (χ4n) is 1.41. The summed E-state index contributed by atoms with van der Waals surface area (Å²) in [6.07, 6.45) is 0. The van der Waals surface area contributed by atoms with Crippen molar-refractivity contribution in [1.82, 2.24) is 4.90 Å². The van der Waals surface area contributed by atoms with Gasteiger partial charge in [-0.15, -0.1) is 0 Å². The molecule has 0 bridgehead atoms. The maximum Gasteiger partial charge on any atom is 0.0992 e. The molecule has 1 saturated heterocycles. The lowest BCUT2D eigenvalue weighted by molar-refractivity contribution is -0.0898. The second kappa shape index (κ2) is 3.11. The fourth-order valence-corrected chi connectivity index (χ4v) is 1.41. The molecule has 1 aliphatic rings. The molecule has 1 fully saturated rings. The van der Waals surface area contributed by atoms with Crippen LogP contribution in [-0.2, 0) is 4.74 Å². The van der Waals surface area contributed by atoms with Gasteiger partial charge >= 0.3 is 0 Å². The number of rotatable bonds is 1. The topological polar surface area (TPSA) is 12.5 Å². The van der Waals surface area contributed by atoms with Crippen LogP contribution in [-0.4, -0.2) is 30.8 Å². The van der Waals surface area contributed by atoms with Gasteiger partial charge in [-0.05, 0) is 13.8 Å². The first kappa shape index (κ1) is 9.01. The molecular weight excluding hydrogens is 138 g/mol. The van der Waals surface area contributed by atoms with Gasteiger partial charge in [0.15, 0.2) is 0 Å². The zero-order valence-electron chi connectivity index (χ0n) is 8.05. The van der Waals surface area contributed by atoms with E-state index in [2.05, 4.69) is 32.6 Å². The summed E-state index contributed by atoms with van der Waals surface area (Å²) in [5.74, 6) is 0. The summed E-state index contributed by atoms with van der Waals surface area (Å²) < 4.78 is 5.48. The molecule has 0 N–H and O–H groups in total. The van der Waals surface area contributed by atoms with Crippen molar-refractivity contribution in [2.45, 2.75) is 33.7 Å². The van der Waals surface area contributed by atoms with E-state index in [9.17, 15) is 0 Å². The van der Waals surface area contributed by atoms with Gasteiger partial charge in [0, 0.05) is 18.0 Å². The van der Waals surface area contributed by atoms with Crippen LogP contribution in [0.2, 0.25) is 0 Å². The SMILES string of the molecule is CC(C)N1COCC(C)(C)C1. The van der Waals surface area contributed by atoms with Crippen LogP contribution in [0.1, 0.15) is 27.7 Å². The average Bonchev–Trinajstić information content (AvgIpc) is 1.85. The summed E-state index contributed by atoms with van der Waals surface area (Å²) in [4.78, 5) is 2.36. The normalized spacial score (nSPS) is 25.9. The molecule has 0 saturated carbocycles. The Kier molecular flexibility index (Phi) is 2.55. The first-order chi connectivity index (χ1) is 5.01. The van der Waals surface area contributed by atoms with E-state index in [1.807, 2.05) is 0 Å². The molecule has 11 heavy (non-hydrogen) atoms. The number of nitrogens with zero attached hydrogens (tertiary/aromatic N) is 1. The van der Waals surface area contributed by atoms with Gasteiger partial charge in [-0.3, -0.25) is 4.90 Å². The van der Waals surface area contributed by atoms with Crippen LogP contribution in [0, 0.1) is 5.41 Å². The molecule has 1 aliphatic heterocycles. The maximum absolute atomic E-state index is 5.48. The number of hydrogen-bond acceptors (Lipinski definition) is 2. The van der Waals surface area contributed by atoms with Gasteiger partial charge in [-0.1, -0.05) is 13.8 Å². The van der Waals surface area contributed by atoms with Gasteiger partial charge in [0.05, 0.1) is 13.3 Å². The lowest BCUT2D eigenvalue weighted by Gasteiger charge is -2.39. The smallest absolute Gasteiger partial charge is 0.0992 e. The van der Waals surface area contributed by atoms with Gasteiger partial charge in [-0.2, -0.15) is 0 Å². The predicted octanol–water partition coefficient (Wildman–Crippen LogP) is 1.71. The molecule has 0 aliphatic carbocycles. The van der Waals surface area contributed by atoms with E-state index in [0.29, 0.717) is 11.5 Å². The summed E-state index contributed by atoms with van der Waals surface area (Å²) in [7, 11) is 0. The summed E-state index contributed by atoms with van der Waals surface area (Å²) in [5, 5.41) is 0. The van der Waals surface area contributed by atoms with E-state index in [-0.39, 0.29) is 0 Å². The van der Waals surface area contributed by atoms with E-state index >= 15 is 0 Å². The third-order valence-corrected chi connectivity index (χ3v) is 2.11. The van der Waals surface area contributed by atoms with Crippen LogP contribution in [0.5, 0.6) is 0 Å². The Labute approximate surface area is 69.5 Å². The Morgan fingerprint density at radius 2 is 2.00 bits per heavy atom. The standard InChI is InChI=1S/C9H19NO/c1-8(2)10-5-9(3,4)6-11-7-10/h8H,5-7H2,1-4H3. The monoisotopic (exact) mass is 157 g/mol. The molecular formula is C9H19NO. The summed E-state index contributed by atoms with van der Waals surface area (Å²) in [5.41, 5.74) is 0.336. The van der Waals surface area contributed by atoms with Crippen molar-refractivity contribution in [2.24, 2.45) is 5.41 Å². The van der Waals surface area contributed by atoms with Gasteiger partial charge in [0.25, 0.3) is 0 Å². The number of hydrogen-bond donors (Lipinski definition) is 0. The highest BCUT2D eigenvalue weighted by atomic mass is 16.5. The molecule has 0 radical (unpaired) electrons. The minimum Gasteiger partial charge on any atom is -0.365 e. The molecule has 1 rings (SSSR count). The molecule has 0 aromatic carbocycles. The lowest BCUT2D eigenvalue weighted by Crippen LogP contribution is -2.47. The minimum atomic E-state index is 0.336. The Morgan fingerprint density at radius 1 is 1.36 bits per heavy atom. The van der Waals surface area contributed by atoms with Gasteiger partial charge in [0.1, 0.15) is 0 Å². The van der Waals surface area contributed by atoms with E-state index in [1.165, 1.54) is 0 Å². The molecule has 0 atom stereocenters. The van der Waals surface area contributed by atoms with Crippen LogP contribution in [0.15, 0.2) is 0 Å². The van der Waals surface area contributed by atoms with Crippen LogP contribution in [0.4, 0.5) is 0 Å². The Hall–Kier alpha value is -0.0800. The van der Waals surface area contributed by atoms with E-state index in [0.717, 1.165) is 19.9 Å². The van der Waals surface area contributed by atoms with Gasteiger partial charge < -0.3 is 4.74 Å². The van der Waals surface area contributed by atoms with Crippen molar-refractivity contribution in [1.29, 1.82) is 0 Å². The van der Waals surface area contributed by atoms with Crippen LogP contribution < -0.4 is 0 Å². The van der Waals surface area contributed by atoms with Crippen molar-refractivity contribution in [3.05, 3.63) is 0 Å². The zero-order chi connectivity index (χ0) is 8.48. The van der Waals surface area contributed by atoms with E-state index in [4.69, 9.17) is 4.74 Å². The summed E-state index contributed by atoms with van der Waals surface area (Å²) >= 11 is 0. The third kappa shape index (κ3) is 2.46. The molecule has 0 aromatic heterocycles. The Bertz CT molecular complexity index is 132. The van der Waals surface area contributed by atoms with Gasteiger partial charge in [-0.25, -0.2) is 0 Å². The Morgan fingerprint density at radius 3 is 2.36 bits per heavy atom. The first-order valence-electron chi connectivity index (χ1n) is 4.33. The van der Waals surface area contributed by atoms with E-state index in [1.54, 1.807) is 0 Å². The van der Waals surface area contributed by atoms with Crippen LogP contribution >= 0.6 is 0 Å². The second-order valence-corrected chi connectivity index (χ2v) is 4.48. The third-order valence-electron chi connectivity index (χ3n) is 2.11. The molecule has 2 heteroatoms. The lowest BCUT2D eigenvalue weighted by atomic mass is 9.93. The highest BCUT2D eigenvalue weighted by molar-refractivity contribution is 4.77. The van der Waals surface area contributed by atoms with Crippen molar-refractivity contribution in [2.75, 3.05) is 19.9 Å². The molecule has 0 aromatic rings. The predicted molar refractivity (Wildman–Crippen MR) is 46.4 cm³/mol. The van der Waals surface area contributed by atoms with Gasteiger partial charge in [0.2, 0.25) is 0 Å². The molecule has 1 heterocycles. The molecule has 66 valence electrons. The first-order valence-corrected chi connectivity index (χ1v) is 4.33. The fraction of sp³-hybridized carbons (Fsp3) is 1.00. The second-order valence-electron chi connectivity index (χ2n) is 4.48. The highest BCUT2D eigenvalue weighted by Crippen LogP contribution is 2.22. The van der Waals surface area contributed by atoms with Crippen molar-refractivity contribution >= 4 is 0 Å². The minimum absolute atomic E-state index is 0.336. The molecule has 0 amide bonds. The van der Waals surface area contributed by atoms with Crippen LogP contribution in [0.25, 0.3) is 0 Å². The largest absolute Gasteiger partial charge is 0.365 e.